The molecule has 0 bridgehead atoms. The Labute approximate surface area is 91.8 Å². The van der Waals surface area contributed by atoms with Gasteiger partial charge in [-0.3, -0.25) is 5.32 Å². The smallest absolute Gasteiger partial charge is 0.241 e. The molecule has 1 heterocycles. The van der Waals surface area contributed by atoms with Crippen molar-refractivity contribution in [1.29, 1.82) is 5.26 Å². The zero-order valence-electron chi connectivity index (χ0n) is 8.25. The van der Waals surface area contributed by atoms with Crippen molar-refractivity contribution in [2.24, 2.45) is 0 Å². The minimum Gasteiger partial charge on any atom is -0.368 e. The van der Waals surface area contributed by atoms with E-state index in [1.807, 2.05) is 30.3 Å². The van der Waals surface area contributed by atoms with Gasteiger partial charge in [-0.2, -0.15) is 20.2 Å². The van der Waals surface area contributed by atoms with Gasteiger partial charge >= 0.3 is 0 Å². The van der Waals surface area contributed by atoms with Crippen molar-refractivity contribution in [3.63, 3.8) is 0 Å². The number of hydrogen-bond acceptors (Lipinski definition) is 6. The van der Waals surface area contributed by atoms with Crippen LogP contribution in [0, 0.1) is 11.5 Å². The van der Waals surface area contributed by atoms with Gasteiger partial charge in [-0.25, -0.2) is 0 Å². The van der Waals surface area contributed by atoms with E-state index in [4.69, 9.17) is 11.0 Å². The number of nitrogen functional groups attached to an aromatic ring is 1. The van der Waals surface area contributed by atoms with Crippen molar-refractivity contribution < 1.29 is 0 Å². The molecule has 16 heavy (non-hydrogen) atoms. The van der Waals surface area contributed by atoms with E-state index in [1.54, 1.807) is 6.19 Å². The highest BCUT2D eigenvalue weighted by molar-refractivity contribution is 5.57. The van der Waals surface area contributed by atoms with Gasteiger partial charge in [0.1, 0.15) is 0 Å². The maximum absolute atomic E-state index is 8.47. The van der Waals surface area contributed by atoms with E-state index in [0.29, 0.717) is 5.82 Å². The van der Waals surface area contributed by atoms with Crippen molar-refractivity contribution in [2.75, 3.05) is 11.1 Å². The molecule has 2 rings (SSSR count). The molecule has 1 aromatic heterocycles. The molecule has 0 aliphatic carbocycles. The molecule has 0 spiro atoms. The van der Waals surface area contributed by atoms with E-state index >= 15 is 0 Å². The van der Waals surface area contributed by atoms with Crippen LogP contribution in [0.3, 0.4) is 0 Å². The van der Waals surface area contributed by atoms with E-state index in [-0.39, 0.29) is 11.9 Å². The second-order valence-corrected chi connectivity index (χ2v) is 2.94. The molecule has 0 aliphatic rings. The van der Waals surface area contributed by atoms with Crippen molar-refractivity contribution in [3.05, 3.63) is 30.3 Å². The summed E-state index contributed by atoms with van der Waals surface area (Å²) in [6, 6.07) is 9.33. The van der Waals surface area contributed by atoms with Gasteiger partial charge in [0.05, 0.1) is 0 Å². The third-order valence-corrected chi connectivity index (χ3v) is 1.85. The number of aromatic nitrogens is 3. The maximum Gasteiger partial charge on any atom is 0.241 e. The van der Waals surface area contributed by atoms with E-state index < -0.39 is 0 Å². The van der Waals surface area contributed by atoms with Crippen LogP contribution in [-0.4, -0.2) is 15.0 Å². The first kappa shape index (κ1) is 9.86. The summed E-state index contributed by atoms with van der Waals surface area (Å²) in [4.78, 5) is 11.8. The SMILES string of the molecule is N#CNc1nc(N)nc(-c2ccccc2)n1. The molecule has 6 nitrogen and oxygen atoms in total. The van der Waals surface area contributed by atoms with Crippen molar-refractivity contribution in [3.8, 4) is 17.6 Å². The van der Waals surface area contributed by atoms with E-state index in [1.165, 1.54) is 0 Å². The monoisotopic (exact) mass is 212 g/mol. The fourth-order valence-corrected chi connectivity index (χ4v) is 1.21. The fraction of sp³-hybridized carbons (Fsp3) is 0. The number of anilines is 2. The molecular weight excluding hydrogens is 204 g/mol. The van der Waals surface area contributed by atoms with Gasteiger partial charge in [-0.05, 0) is 0 Å². The second-order valence-electron chi connectivity index (χ2n) is 2.94. The first-order valence-corrected chi connectivity index (χ1v) is 4.51. The highest BCUT2D eigenvalue weighted by atomic mass is 15.2. The zero-order chi connectivity index (χ0) is 11.4. The molecule has 78 valence electrons. The van der Waals surface area contributed by atoms with Crippen LogP contribution >= 0.6 is 0 Å². The first-order chi connectivity index (χ1) is 7.79. The molecule has 0 aliphatic heterocycles. The standard InChI is InChI=1S/C10H8N6/c11-6-13-10-15-8(14-9(12)16-10)7-4-2-1-3-5-7/h1-5H,(H3,12,13,14,15,16). The summed E-state index contributed by atoms with van der Waals surface area (Å²) in [5, 5.41) is 10.8. The lowest BCUT2D eigenvalue weighted by Crippen LogP contribution is -2.04. The third-order valence-electron chi connectivity index (χ3n) is 1.85. The molecule has 0 amide bonds. The first-order valence-electron chi connectivity index (χ1n) is 4.51. The quantitative estimate of drug-likeness (QED) is 0.569. The number of nitrogens with two attached hydrogens (primary N) is 1. The van der Waals surface area contributed by atoms with Crippen LogP contribution in [0.2, 0.25) is 0 Å². The van der Waals surface area contributed by atoms with Crippen molar-refractivity contribution in [1.82, 2.24) is 15.0 Å². The van der Waals surface area contributed by atoms with Gasteiger partial charge in [0, 0.05) is 5.56 Å². The Morgan fingerprint density at radius 2 is 1.88 bits per heavy atom. The lowest BCUT2D eigenvalue weighted by Gasteiger charge is -2.02. The number of rotatable bonds is 2. The summed E-state index contributed by atoms with van der Waals surface area (Å²) in [7, 11) is 0. The Bertz CT molecular complexity index is 531. The zero-order valence-corrected chi connectivity index (χ0v) is 8.25. The average Bonchev–Trinajstić information content (AvgIpc) is 2.30. The van der Waals surface area contributed by atoms with E-state index in [0.717, 1.165) is 5.56 Å². The average molecular weight is 212 g/mol. The molecular formula is C10H8N6. The number of nitrogens with zero attached hydrogens (tertiary/aromatic N) is 4. The molecule has 2 aromatic rings. The summed E-state index contributed by atoms with van der Waals surface area (Å²) < 4.78 is 0. The van der Waals surface area contributed by atoms with Crippen LogP contribution in [0.4, 0.5) is 11.9 Å². The fourth-order valence-electron chi connectivity index (χ4n) is 1.21. The second kappa shape index (κ2) is 4.23. The number of nitrogens with one attached hydrogen (secondary N) is 1. The molecule has 0 saturated carbocycles. The predicted octanol–water partition coefficient (Wildman–Crippen LogP) is 1.01. The Hall–Kier alpha value is -2.68. The van der Waals surface area contributed by atoms with E-state index in [2.05, 4.69) is 20.3 Å². The Morgan fingerprint density at radius 1 is 1.12 bits per heavy atom. The molecule has 1 aromatic carbocycles. The summed E-state index contributed by atoms with van der Waals surface area (Å²) in [5.74, 6) is 0.659. The molecule has 0 radical (unpaired) electrons. The number of benzene rings is 1. The van der Waals surface area contributed by atoms with Gasteiger partial charge in [0.25, 0.3) is 0 Å². The van der Waals surface area contributed by atoms with Crippen LogP contribution < -0.4 is 11.1 Å². The lowest BCUT2D eigenvalue weighted by molar-refractivity contribution is 1.08. The Balaban J connectivity index is 2.46. The summed E-state index contributed by atoms with van der Waals surface area (Å²) >= 11 is 0. The predicted molar refractivity (Wildman–Crippen MR) is 58.9 cm³/mol. The van der Waals surface area contributed by atoms with Gasteiger partial charge in [-0.15, -0.1) is 0 Å². The summed E-state index contributed by atoms with van der Waals surface area (Å²) in [6.07, 6.45) is 1.73. The summed E-state index contributed by atoms with van der Waals surface area (Å²) in [6.45, 7) is 0. The van der Waals surface area contributed by atoms with Gasteiger partial charge in [0.2, 0.25) is 11.9 Å². The van der Waals surface area contributed by atoms with Gasteiger partial charge in [0.15, 0.2) is 12.0 Å². The molecule has 3 N–H and O–H groups in total. The highest BCUT2D eigenvalue weighted by Crippen LogP contribution is 2.15. The van der Waals surface area contributed by atoms with Gasteiger partial charge < -0.3 is 5.73 Å². The number of hydrogen-bond donors (Lipinski definition) is 2. The minimum atomic E-state index is 0.0756. The Morgan fingerprint density at radius 3 is 2.56 bits per heavy atom. The normalized spacial score (nSPS) is 9.44. The largest absolute Gasteiger partial charge is 0.368 e. The van der Waals surface area contributed by atoms with E-state index in [9.17, 15) is 0 Å². The summed E-state index contributed by atoms with van der Waals surface area (Å²) in [5.41, 5.74) is 6.33. The van der Waals surface area contributed by atoms with Gasteiger partial charge in [-0.1, -0.05) is 30.3 Å². The topological polar surface area (TPSA) is 101 Å². The van der Waals surface area contributed by atoms with Crippen LogP contribution in [0.5, 0.6) is 0 Å². The molecule has 0 saturated heterocycles. The molecule has 0 fully saturated rings. The van der Waals surface area contributed by atoms with Crippen LogP contribution in [0.1, 0.15) is 0 Å². The van der Waals surface area contributed by atoms with Crippen molar-refractivity contribution in [2.45, 2.75) is 0 Å². The molecule has 6 heteroatoms. The van der Waals surface area contributed by atoms with Crippen LogP contribution in [0.25, 0.3) is 11.4 Å². The van der Waals surface area contributed by atoms with Crippen molar-refractivity contribution >= 4 is 11.9 Å². The third kappa shape index (κ3) is 2.04. The molecule has 0 unspecified atom stereocenters. The maximum atomic E-state index is 8.47. The minimum absolute atomic E-state index is 0.0756. The lowest BCUT2D eigenvalue weighted by atomic mass is 10.2. The van der Waals surface area contributed by atoms with Crippen LogP contribution in [-0.2, 0) is 0 Å². The highest BCUT2D eigenvalue weighted by Gasteiger charge is 2.05. The van der Waals surface area contributed by atoms with Crippen LogP contribution in [0.15, 0.2) is 30.3 Å². The Kier molecular flexibility index (Phi) is 2.61. The number of nitriles is 1. The molecule has 0 atom stereocenters.